The molecule has 0 spiro atoms. The minimum atomic E-state index is -1.45. The van der Waals surface area contributed by atoms with E-state index in [0.29, 0.717) is 6.42 Å². The van der Waals surface area contributed by atoms with E-state index in [1.165, 1.54) is 6.92 Å². The van der Waals surface area contributed by atoms with Crippen LogP contribution in [0.15, 0.2) is 18.2 Å². The van der Waals surface area contributed by atoms with Gasteiger partial charge < -0.3 is 15.5 Å². The van der Waals surface area contributed by atoms with E-state index in [2.05, 4.69) is 5.32 Å². The summed E-state index contributed by atoms with van der Waals surface area (Å²) in [6.07, 6.45) is 0.780. The van der Waals surface area contributed by atoms with E-state index < -0.39 is 29.0 Å². The number of aliphatic carboxylic acids is 1. The van der Waals surface area contributed by atoms with Gasteiger partial charge >= 0.3 is 5.97 Å². The van der Waals surface area contributed by atoms with Crippen LogP contribution >= 0.6 is 0 Å². The van der Waals surface area contributed by atoms with Crippen LogP contribution in [0.3, 0.4) is 0 Å². The van der Waals surface area contributed by atoms with E-state index in [1.54, 1.807) is 6.92 Å². The molecule has 0 aliphatic heterocycles. The molecule has 0 heterocycles. The van der Waals surface area contributed by atoms with E-state index in [0.717, 1.165) is 18.2 Å². The summed E-state index contributed by atoms with van der Waals surface area (Å²) in [5.41, 5.74) is -1.74. The highest BCUT2D eigenvalue weighted by Gasteiger charge is 2.34. The van der Waals surface area contributed by atoms with E-state index in [-0.39, 0.29) is 12.0 Å². The molecule has 0 bridgehead atoms. The van der Waals surface area contributed by atoms with E-state index in [9.17, 15) is 19.1 Å². The van der Waals surface area contributed by atoms with E-state index >= 15 is 0 Å². The van der Waals surface area contributed by atoms with Gasteiger partial charge in [-0.25, -0.2) is 9.18 Å². The molecule has 1 unspecified atom stereocenters. The molecule has 0 aromatic heterocycles. The van der Waals surface area contributed by atoms with Crippen LogP contribution in [0.2, 0.25) is 0 Å². The maximum Gasteiger partial charge on any atom is 0.329 e. The van der Waals surface area contributed by atoms with Crippen LogP contribution in [0.4, 0.5) is 4.39 Å². The van der Waals surface area contributed by atoms with Gasteiger partial charge in [-0.2, -0.15) is 0 Å². The van der Waals surface area contributed by atoms with Gasteiger partial charge in [-0.1, -0.05) is 13.3 Å². The largest absolute Gasteiger partial charge is 0.507 e. The summed E-state index contributed by atoms with van der Waals surface area (Å²) in [7, 11) is 0. The maximum absolute atomic E-state index is 13.0. The summed E-state index contributed by atoms with van der Waals surface area (Å²) in [6, 6.07) is 2.91. The molecule has 0 saturated heterocycles. The van der Waals surface area contributed by atoms with Crippen LogP contribution in [0, 0.1) is 5.82 Å². The number of carboxylic acids is 1. The predicted molar refractivity (Wildman–Crippen MR) is 66.5 cm³/mol. The number of benzene rings is 1. The van der Waals surface area contributed by atoms with Crippen LogP contribution < -0.4 is 5.32 Å². The predicted octanol–water partition coefficient (Wildman–Crippen LogP) is 1.90. The monoisotopic (exact) mass is 269 g/mol. The van der Waals surface area contributed by atoms with Crippen molar-refractivity contribution in [2.75, 3.05) is 0 Å². The zero-order valence-electron chi connectivity index (χ0n) is 10.7. The van der Waals surface area contributed by atoms with Gasteiger partial charge in [0.25, 0.3) is 5.91 Å². The highest BCUT2D eigenvalue weighted by Crippen LogP contribution is 2.20. The Morgan fingerprint density at radius 3 is 2.58 bits per heavy atom. The molecular formula is C13H16FNO4. The molecule has 19 heavy (non-hydrogen) atoms. The molecular weight excluding hydrogens is 253 g/mol. The van der Waals surface area contributed by atoms with Crippen molar-refractivity contribution in [3.05, 3.63) is 29.6 Å². The average Bonchev–Trinajstić information content (AvgIpc) is 2.32. The number of amides is 1. The van der Waals surface area contributed by atoms with Gasteiger partial charge in [0.15, 0.2) is 0 Å². The lowest BCUT2D eigenvalue weighted by Crippen LogP contribution is -2.52. The first kappa shape index (κ1) is 14.9. The van der Waals surface area contributed by atoms with E-state index in [1.807, 2.05) is 0 Å². The first-order valence-corrected chi connectivity index (χ1v) is 5.84. The Bertz CT molecular complexity index is 503. The summed E-state index contributed by atoms with van der Waals surface area (Å²) in [5, 5.41) is 20.9. The van der Waals surface area contributed by atoms with E-state index in [4.69, 9.17) is 5.11 Å². The first-order valence-electron chi connectivity index (χ1n) is 5.84. The number of phenolic OH excluding ortho intramolecular Hbond substituents is 1. The van der Waals surface area contributed by atoms with Gasteiger partial charge in [-0.15, -0.1) is 0 Å². The van der Waals surface area contributed by atoms with Crippen molar-refractivity contribution < 1.29 is 24.2 Å². The Hall–Kier alpha value is -2.11. The summed E-state index contributed by atoms with van der Waals surface area (Å²) in [6.45, 7) is 3.15. The molecule has 1 amide bonds. The van der Waals surface area contributed by atoms with Crippen molar-refractivity contribution in [3.8, 4) is 5.75 Å². The zero-order chi connectivity index (χ0) is 14.6. The number of aromatic hydroxyl groups is 1. The molecule has 1 aromatic carbocycles. The molecule has 104 valence electrons. The van der Waals surface area contributed by atoms with Gasteiger partial charge in [-0.3, -0.25) is 4.79 Å². The summed E-state index contributed by atoms with van der Waals surface area (Å²) < 4.78 is 13.0. The van der Waals surface area contributed by atoms with Gasteiger partial charge in [-0.05, 0) is 31.5 Å². The van der Waals surface area contributed by atoms with Crippen molar-refractivity contribution in [1.82, 2.24) is 5.32 Å². The van der Waals surface area contributed by atoms with Crippen molar-refractivity contribution >= 4 is 11.9 Å². The van der Waals surface area contributed by atoms with Crippen LogP contribution in [-0.4, -0.2) is 27.6 Å². The number of rotatable bonds is 5. The molecule has 0 aliphatic carbocycles. The minimum Gasteiger partial charge on any atom is -0.507 e. The Balaban J connectivity index is 3.00. The lowest BCUT2D eigenvalue weighted by molar-refractivity contribution is -0.144. The third-order valence-electron chi connectivity index (χ3n) is 2.81. The Kier molecular flexibility index (Phi) is 4.47. The fourth-order valence-electron chi connectivity index (χ4n) is 1.73. The molecule has 0 aliphatic rings. The molecule has 1 atom stereocenters. The third kappa shape index (κ3) is 3.43. The highest BCUT2D eigenvalue weighted by molar-refractivity contribution is 5.99. The molecule has 1 rings (SSSR count). The topological polar surface area (TPSA) is 86.6 Å². The number of phenols is 1. The zero-order valence-corrected chi connectivity index (χ0v) is 10.7. The van der Waals surface area contributed by atoms with Crippen molar-refractivity contribution in [3.63, 3.8) is 0 Å². The fourth-order valence-corrected chi connectivity index (χ4v) is 1.73. The number of halogens is 1. The van der Waals surface area contributed by atoms with Crippen molar-refractivity contribution in [1.29, 1.82) is 0 Å². The second kappa shape index (κ2) is 5.69. The van der Waals surface area contributed by atoms with Gasteiger partial charge in [0.2, 0.25) is 0 Å². The molecule has 1 aromatic rings. The molecule has 0 fully saturated rings. The molecule has 6 heteroatoms. The summed E-state index contributed by atoms with van der Waals surface area (Å²) in [4.78, 5) is 23.1. The molecule has 5 nitrogen and oxygen atoms in total. The number of hydrogen-bond donors (Lipinski definition) is 3. The lowest BCUT2D eigenvalue weighted by atomic mass is 9.95. The second-order valence-corrected chi connectivity index (χ2v) is 4.50. The highest BCUT2D eigenvalue weighted by atomic mass is 19.1. The number of nitrogens with one attached hydrogen (secondary N) is 1. The van der Waals surface area contributed by atoms with Crippen LogP contribution in [0.5, 0.6) is 5.75 Å². The average molecular weight is 269 g/mol. The normalized spacial score (nSPS) is 13.6. The maximum atomic E-state index is 13.0. The number of hydrogen-bond acceptors (Lipinski definition) is 3. The lowest BCUT2D eigenvalue weighted by Gasteiger charge is -2.25. The van der Waals surface area contributed by atoms with Crippen LogP contribution in [-0.2, 0) is 4.79 Å². The van der Waals surface area contributed by atoms with Crippen molar-refractivity contribution in [2.45, 2.75) is 32.2 Å². The Labute approximate surface area is 110 Å². The molecule has 0 radical (unpaired) electrons. The van der Waals surface area contributed by atoms with Crippen molar-refractivity contribution in [2.24, 2.45) is 0 Å². The minimum absolute atomic E-state index is 0.226. The van der Waals surface area contributed by atoms with Gasteiger partial charge in [0, 0.05) is 0 Å². The second-order valence-electron chi connectivity index (χ2n) is 4.50. The SMILES string of the molecule is CCCC(C)(NC(=O)c1cc(F)ccc1O)C(=O)O. The smallest absolute Gasteiger partial charge is 0.329 e. The summed E-state index contributed by atoms with van der Waals surface area (Å²) in [5.74, 6) is -3.09. The molecule has 0 saturated carbocycles. The van der Waals surface area contributed by atoms with Gasteiger partial charge in [0.1, 0.15) is 17.1 Å². The first-order chi connectivity index (χ1) is 8.80. The quantitative estimate of drug-likeness (QED) is 0.762. The Morgan fingerprint density at radius 2 is 2.05 bits per heavy atom. The number of carboxylic acid groups (broad SMARTS) is 1. The summed E-state index contributed by atoms with van der Waals surface area (Å²) >= 11 is 0. The molecule has 3 N–H and O–H groups in total. The van der Waals surface area contributed by atoms with Crippen LogP contribution in [0.1, 0.15) is 37.0 Å². The van der Waals surface area contributed by atoms with Crippen LogP contribution in [0.25, 0.3) is 0 Å². The third-order valence-corrected chi connectivity index (χ3v) is 2.81. The number of carbonyl (C=O) groups excluding carboxylic acids is 1. The van der Waals surface area contributed by atoms with Gasteiger partial charge in [0.05, 0.1) is 5.56 Å². The Morgan fingerprint density at radius 1 is 1.42 bits per heavy atom. The number of carbonyl (C=O) groups is 2. The standard InChI is InChI=1S/C13H16FNO4/c1-3-6-13(2,12(18)19)15-11(17)9-7-8(14)4-5-10(9)16/h4-5,7,16H,3,6H2,1-2H3,(H,15,17)(H,18,19). The fraction of sp³-hybridized carbons (Fsp3) is 0.385.